The summed E-state index contributed by atoms with van der Waals surface area (Å²) in [5, 5.41) is 8.24. The number of aromatic nitrogens is 2. The van der Waals surface area contributed by atoms with Gasteiger partial charge in [-0.3, -0.25) is 10.2 Å². The number of rotatable bonds is 5. The van der Waals surface area contributed by atoms with Crippen LogP contribution in [0.2, 0.25) is 0 Å². The van der Waals surface area contributed by atoms with Gasteiger partial charge in [-0.05, 0) is 47.9 Å². The fraction of sp³-hybridized carbons (Fsp3) is 0.148. The first-order valence-electron chi connectivity index (χ1n) is 10.7. The molecular weight excluding hydrogens is 453 g/mol. The van der Waals surface area contributed by atoms with E-state index in [0.717, 1.165) is 28.2 Å². The summed E-state index contributed by atoms with van der Waals surface area (Å²) in [6, 6.07) is 12.6. The molecule has 35 heavy (non-hydrogen) atoms. The first-order chi connectivity index (χ1) is 16.6. The molecule has 5 nitrogen and oxygen atoms in total. The Morgan fingerprint density at radius 3 is 2.63 bits per heavy atom. The lowest BCUT2D eigenvalue weighted by atomic mass is 9.95. The molecule has 0 saturated heterocycles. The van der Waals surface area contributed by atoms with Crippen molar-refractivity contribution in [2.45, 2.75) is 25.9 Å². The predicted octanol–water partition coefficient (Wildman–Crippen LogP) is 5.19. The normalized spacial score (nSPS) is 11.2. The molecule has 0 saturated carbocycles. The van der Waals surface area contributed by atoms with E-state index in [1.54, 1.807) is 30.6 Å². The van der Waals surface area contributed by atoms with Crippen LogP contribution in [-0.4, -0.2) is 21.6 Å². The Balaban J connectivity index is 1.58. The Hall–Kier alpha value is -4.38. The summed E-state index contributed by atoms with van der Waals surface area (Å²) < 4.78 is 40.5. The number of Topliss-reactive ketones (excluding diaryl/α,β-unsaturated/α-hetero) is 1. The molecule has 0 aliphatic rings. The van der Waals surface area contributed by atoms with E-state index in [2.05, 4.69) is 21.8 Å². The number of nitrogens with one attached hydrogen (secondary N) is 2. The van der Waals surface area contributed by atoms with Crippen molar-refractivity contribution in [3.63, 3.8) is 0 Å². The van der Waals surface area contributed by atoms with E-state index in [9.17, 15) is 18.0 Å². The van der Waals surface area contributed by atoms with Gasteiger partial charge in [-0.25, -0.2) is 4.98 Å². The topological polar surface area (TPSA) is 95.6 Å². The molecule has 0 atom stereocenters. The van der Waals surface area contributed by atoms with E-state index in [-0.39, 0.29) is 35.6 Å². The van der Waals surface area contributed by atoms with E-state index in [1.165, 1.54) is 12.1 Å². The van der Waals surface area contributed by atoms with E-state index in [0.29, 0.717) is 11.1 Å². The van der Waals surface area contributed by atoms with Gasteiger partial charge in [0.25, 0.3) is 0 Å². The van der Waals surface area contributed by atoms with Crippen molar-refractivity contribution < 1.29 is 18.0 Å². The summed E-state index contributed by atoms with van der Waals surface area (Å²) in [6.45, 7) is 1.87. The second kappa shape index (κ2) is 9.47. The van der Waals surface area contributed by atoms with Gasteiger partial charge in [0.2, 0.25) is 0 Å². The monoisotopic (exact) mass is 474 g/mol. The number of halogens is 3. The number of benzene rings is 2. The quantitative estimate of drug-likeness (QED) is 0.161. The number of carbonyl (C=O) groups is 1. The van der Waals surface area contributed by atoms with Gasteiger partial charge < -0.3 is 10.7 Å². The Morgan fingerprint density at radius 2 is 1.89 bits per heavy atom. The summed E-state index contributed by atoms with van der Waals surface area (Å²) in [5.74, 6) is 5.43. The summed E-state index contributed by atoms with van der Waals surface area (Å²) >= 11 is 0. The largest absolute Gasteiger partial charge is 0.416 e. The zero-order valence-corrected chi connectivity index (χ0v) is 18.8. The van der Waals surface area contributed by atoms with E-state index < -0.39 is 11.7 Å². The minimum absolute atomic E-state index is 0.0959. The molecule has 0 unspecified atom stereocenters. The van der Waals surface area contributed by atoms with Crippen molar-refractivity contribution in [1.29, 1.82) is 5.41 Å². The maximum absolute atomic E-state index is 13.5. The number of H-pyrrole nitrogens is 1. The molecule has 0 aliphatic heterocycles. The number of pyridine rings is 1. The molecule has 0 radical (unpaired) electrons. The SMILES string of the molecule is Cc1ccc(C(=O)Cc2ccc(CC(=N)N)c(C(F)(F)F)c2)cc1C#Cc1cnc2[nH]ccc2c1. The average Bonchev–Trinajstić information content (AvgIpc) is 3.26. The van der Waals surface area contributed by atoms with Crippen molar-refractivity contribution in [3.05, 3.63) is 99.9 Å². The van der Waals surface area contributed by atoms with Gasteiger partial charge in [0.15, 0.2) is 5.78 Å². The second-order valence-electron chi connectivity index (χ2n) is 8.21. The molecule has 0 amide bonds. The predicted molar refractivity (Wildman–Crippen MR) is 128 cm³/mol. The number of fused-ring (bicyclic) bond motifs is 1. The van der Waals surface area contributed by atoms with E-state index in [4.69, 9.17) is 11.1 Å². The zero-order chi connectivity index (χ0) is 25.2. The van der Waals surface area contributed by atoms with Crippen LogP contribution < -0.4 is 5.73 Å². The number of aryl methyl sites for hydroxylation is 1. The van der Waals surface area contributed by atoms with Crippen LogP contribution in [-0.2, 0) is 19.0 Å². The van der Waals surface area contributed by atoms with E-state index in [1.807, 2.05) is 19.1 Å². The molecule has 2 aromatic heterocycles. The third kappa shape index (κ3) is 5.58. The number of ketones is 1. The Labute approximate surface area is 199 Å². The smallest absolute Gasteiger partial charge is 0.387 e. The molecule has 4 N–H and O–H groups in total. The molecular formula is C27H21F3N4O. The second-order valence-corrected chi connectivity index (χ2v) is 8.21. The van der Waals surface area contributed by atoms with Gasteiger partial charge >= 0.3 is 6.18 Å². The van der Waals surface area contributed by atoms with Crippen molar-refractivity contribution in [2.24, 2.45) is 5.73 Å². The van der Waals surface area contributed by atoms with Crippen LogP contribution in [0.15, 0.2) is 60.9 Å². The van der Waals surface area contributed by atoms with Crippen LogP contribution in [0.25, 0.3) is 11.0 Å². The van der Waals surface area contributed by atoms with Crippen LogP contribution in [0.1, 0.15) is 43.7 Å². The van der Waals surface area contributed by atoms with Crippen LogP contribution in [0.5, 0.6) is 0 Å². The molecule has 0 bridgehead atoms. The lowest BCUT2D eigenvalue weighted by molar-refractivity contribution is -0.138. The fourth-order valence-corrected chi connectivity index (χ4v) is 3.72. The van der Waals surface area contributed by atoms with Gasteiger partial charge in [0.05, 0.1) is 11.4 Å². The highest BCUT2D eigenvalue weighted by molar-refractivity contribution is 5.98. The van der Waals surface area contributed by atoms with Crippen LogP contribution in [0.3, 0.4) is 0 Å². The molecule has 2 aromatic carbocycles. The number of hydrogen-bond donors (Lipinski definition) is 3. The number of hydrogen-bond acceptors (Lipinski definition) is 3. The zero-order valence-electron chi connectivity index (χ0n) is 18.8. The average molecular weight is 474 g/mol. The molecule has 2 heterocycles. The van der Waals surface area contributed by atoms with Crippen molar-refractivity contribution in [2.75, 3.05) is 0 Å². The van der Waals surface area contributed by atoms with Crippen LogP contribution in [0.4, 0.5) is 13.2 Å². The number of carbonyl (C=O) groups excluding carboxylic acids is 1. The van der Waals surface area contributed by atoms with Crippen LogP contribution >= 0.6 is 0 Å². The van der Waals surface area contributed by atoms with Gasteiger partial charge in [0, 0.05) is 47.3 Å². The molecule has 4 aromatic rings. The Morgan fingerprint density at radius 1 is 1.09 bits per heavy atom. The molecule has 8 heteroatoms. The molecule has 0 aliphatic carbocycles. The van der Waals surface area contributed by atoms with Crippen molar-refractivity contribution in [1.82, 2.24) is 9.97 Å². The number of nitrogens with zero attached hydrogens (tertiary/aromatic N) is 1. The highest BCUT2D eigenvalue weighted by Gasteiger charge is 2.33. The summed E-state index contributed by atoms with van der Waals surface area (Å²) in [7, 11) is 0. The lowest BCUT2D eigenvalue weighted by Gasteiger charge is -2.14. The number of alkyl halides is 3. The minimum atomic E-state index is -4.62. The lowest BCUT2D eigenvalue weighted by Crippen LogP contribution is -2.18. The third-order valence-electron chi connectivity index (χ3n) is 5.53. The van der Waals surface area contributed by atoms with Gasteiger partial charge in [-0.1, -0.05) is 36.1 Å². The Kier molecular flexibility index (Phi) is 6.43. The van der Waals surface area contributed by atoms with Crippen molar-refractivity contribution >= 4 is 22.7 Å². The van der Waals surface area contributed by atoms with Gasteiger partial charge in [-0.15, -0.1) is 0 Å². The van der Waals surface area contributed by atoms with Gasteiger partial charge in [-0.2, -0.15) is 13.2 Å². The fourth-order valence-electron chi connectivity index (χ4n) is 3.72. The standard InChI is InChI=1S/C27H21F3N4O/c1-16-2-5-21(13-19(16)6-4-18-10-22-8-9-33-26(22)34-15-18)24(35)12-17-3-7-20(14-25(31)32)23(11-17)27(28,29)30/h2-3,5,7-11,13,15H,12,14H2,1H3,(H3,31,32)(H,33,34). The van der Waals surface area contributed by atoms with E-state index >= 15 is 0 Å². The molecule has 0 spiro atoms. The first-order valence-corrected chi connectivity index (χ1v) is 10.7. The molecule has 0 fully saturated rings. The number of aromatic amines is 1. The Bertz CT molecular complexity index is 1510. The summed E-state index contributed by atoms with van der Waals surface area (Å²) in [4.78, 5) is 20.2. The highest BCUT2D eigenvalue weighted by atomic mass is 19.4. The molecule has 176 valence electrons. The number of amidine groups is 1. The number of nitrogens with two attached hydrogens (primary N) is 1. The summed E-state index contributed by atoms with van der Waals surface area (Å²) in [5.41, 5.74) is 7.90. The van der Waals surface area contributed by atoms with Crippen molar-refractivity contribution in [3.8, 4) is 11.8 Å². The van der Waals surface area contributed by atoms with Gasteiger partial charge in [0.1, 0.15) is 5.65 Å². The first kappa shape index (κ1) is 23.8. The maximum atomic E-state index is 13.5. The molecule has 4 rings (SSSR count). The third-order valence-corrected chi connectivity index (χ3v) is 5.53. The summed E-state index contributed by atoms with van der Waals surface area (Å²) in [6.07, 6.45) is -1.68. The minimum Gasteiger partial charge on any atom is -0.387 e. The maximum Gasteiger partial charge on any atom is 0.416 e. The highest BCUT2D eigenvalue weighted by Crippen LogP contribution is 2.33. The van der Waals surface area contributed by atoms with Crippen LogP contribution in [0, 0.1) is 24.2 Å².